The third-order valence-corrected chi connectivity index (χ3v) is 4.46. The van der Waals surface area contributed by atoms with Gasteiger partial charge in [-0.2, -0.15) is 0 Å². The number of nitrogens with zero attached hydrogens (tertiary/aromatic N) is 1. The highest BCUT2D eigenvalue weighted by Gasteiger charge is 2.09. The van der Waals surface area contributed by atoms with E-state index in [0.717, 1.165) is 20.6 Å². The summed E-state index contributed by atoms with van der Waals surface area (Å²) < 4.78 is 6.19. The summed E-state index contributed by atoms with van der Waals surface area (Å²) in [7, 11) is 0. The maximum absolute atomic E-state index is 11.8. The van der Waals surface area contributed by atoms with Gasteiger partial charge < -0.3 is 4.74 Å². The molecule has 3 aromatic rings. The normalized spacial score (nSPS) is 10.3. The quantitative estimate of drug-likeness (QED) is 0.657. The molecule has 0 aliphatic rings. The van der Waals surface area contributed by atoms with Gasteiger partial charge in [-0.15, -0.1) is 11.3 Å². The number of hydrogen-bond acceptors (Lipinski definition) is 4. The number of nitrogens with one attached hydrogen (secondary N) is 1. The molecule has 0 aliphatic carbocycles. The lowest BCUT2D eigenvalue weighted by Gasteiger charge is -2.04. The highest BCUT2D eigenvalue weighted by Crippen LogP contribution is 2.27. The van der Waals surface area contributed by atoms with E-state index in [9.17, 15) is 4.79 Å². The maximum Gasteiger partial charge on any atom is 0.413 e. The predicted molar refractivity (Wildman–Crippen MR) is 95.5 cm³/mol. The van der Waals surface area contributed by atoms with Gasteiger partial charge in [-0.25, -0.2) is 9.78 Å². The summed E-state index contributed by atoms with van der Waals surface area (Å²) in [6, 6.07) is 17.4. The number of carbonyl (C=O) groups excluding carboxylic acids is 1. The molecule has 0 saturated carbocycles. The standard InChI is InChI=1S/C17H13BrN2O2S/c18-14-8-6-13(7-9-14)16-19-15(11-23-16)20-17(21)22-10-12-4-2-1-3-5-12/h1-9,11H,10H2,(H,20,21). The van der Waals surface area contributed by atoms with Gasteiger partial charge in [0.15, 0.2) is 0 Å². The van der Waals surface area contributed by atoms with Crippen molar-refractivity contribution in [1.82, 2.24) is 4.98 Å². The summed E-state index contributed by atoms with van der Waals surface area (Å²) in [5.74, 6) is 0.492. The number of rotatable bonds is 4. The zero-order valence-corrected chi connectivity index (χ0v) is 14.4. The fraction of sp³-hybridized carbons (Fsp3) is 0.0588. The Hall–Kier alpha value is -2.18. The zero-order valence-electron chi connectivity index (χ0n) is 12.0. The van der Waals surface area contributed by atoms with Crippen molar-refractivity contribution in [1.29, 1.82) is 0 Å². The van der Waals surface area contributed by atoms with Gasteiger partial charge in [0.25, 0.3) is 0 Å². The Balaban J connectivity index is 1.58. The molecule has 6 heteroatoms. The lowest BCUT2D eigenvalue weighted by atomic mass is 10.2. The Bertz CT molecular complexity index is 788. The van der Waals surface area contributed by atoms with Crippen LogP contribution >= 0.6 is 27.3 Å². The number of carbonyl (C=O) groups is 1. The molecule has 0 aliphatic heterocycles. The minimum atomic E-state index is -0.512. The van der Waals surface area contributed by atoms with Crippen LogP contribution in [0.3, 0.4) is 0 Å². The third-order valence-electron chi connectivity index (χ3n) is 3.04. The first-order valence-electron chi connectivity index (χ1n) is 6.90. The van der Waals surface area contributed by atoms with Crippen LogP contribution in [-0.2, 0) is 11.3 Å². The van der Waals surface area contributed by atoms with E-state index in [1.165, 1.54) is 11.3 Å². The Labute approximate surface area is 146 Å². The van der Waals surface area contributed by atoms with Crippen LogP contribution in [0.25, 0.3) is 10.6 Å². The van der Waals surface area contributed by atoms with Crippen LogP contribution in [0, 0.1) is 0 Å². The first-order valence-corrected chi connectivity index (χ1v) is 8.57. The van der Waals surface area contributed by atoms with E-state index >= 15 is 0 Å². The van der Waals surface area contributed by atoms with Crippen molar-refractivity contribution < 1.29 is 9.53 Å². The van der Waals surface area contributed by atoms with Gasteiger partial charge >= 0.3 is 6.09 Å². The van der Waals surface area contributed by atoms with Crippen molar-refractivity contribution in [3.05, 3.63) is 70.0 Å². The van der Waals surface area contributed by atoms with Gasteiger partial charge in [0, 0.05) is 15.4 Å². The number of thiazole rings is 1. The molecule has 23 heavy (non-hydrogen) atoms. The first-order chi connectivity index (χ1) is 11.2. The van der Waals surface area contributed by atoms with Crippen LogP contribution in [0.4, 0.5) is 10.6 Å². The smallest absolute Gasteiger partial charge is 0.413 e. The Morgan fingerprint density at radius 1 is 1.13 bits per heavy atom. The fourth-order valence-corrected chi connectivity index (χ4v) is 2.94. The molecule has 4 nitrogen and oxygen atoms in total. The van der Waals surface area contributed by atoms with Crippen LogP contribution in [-0.4, -0.2) is 11.1 Å². The highest BCUT2D eigenvalue weighted by atomic mass is 79.9. The van der Waals surface area contributed by atoms with Crippen LogP contribution in [0.15, 0.2) is 64.5 Å². The molecule has 1 aromatic heterocycles. The topological polar surface area (TPSA) is 51.2 Å². The molecule has 0 radical (unpaired) electrons. The van der Waals surface area contributed by atoms with Crippen molar-refractivity contribution in [2.75, 3.05) is 5.32 Å². The van der Waals surface area contributed by atoms with Crippen molar-refractivity contribution in [3.63, 3.8) is 0 Å². The number of benzene rings is 2. The van der Waals surface area contributed by atoms with Gasteiger partial charge in [0.05, 0.1) is 0 Å². The van der Waals surface area contributed by atoms with Gasteiger partial charge in [-0.3, -0.25) is 5.32 Å². The van der Waals surface area contributed by atoms with Gasteiger partial charge in [0.2, 0.25) is 0 Å². The van der Waals surface area contributed by atoms with E-state index in [2.05, 4.69) is 26.2 Å². The number of hydrogen-bond donors (Lipinski definition) is 1. The second-order valence-corrected chi connectivity index (χ2v) is 6.51. The Morgan fingerprint density at radius 3 is 2.61 bits per heavy atom. The van der Waals surface area contributed by atoms with Crippen LogP contribution < -0.4 is 5.32 Å². The van der Waals surface area contributed by atoms with E-state index in [4.69, 9.17) is 4.74 Å². The van der Waals surface area contributed by atoms with Crippen LogP contribution in [0.1, 0.15) is 5.56 Å². The Morgan fingerprint density at radius 2 is 1.87 bits per heavy atom. The molecule has 0 saturated heterocycles. The number of anilines is 1. The van der Waals surface area contributed by atoms with E-state index in [1.54, 1.807) is 5.38 Å². The average molecular weight is 389 g/mol. The summed E-state index contributed by atoms with van der Waals surface area (Å²) in [6.45, 7) is 0.233. The second kappa shape index (κ2) is 7.39. The van der Waals surface area contributed by atoms with E-state index in [1.807, 2.05) is 54.6 Å². The van der Waals surface area contributed by atoms with Gasteiger partial charge in [-0.1, -0.05) is 58.4 Å². The average Bonchev–Trinajstić information content (AvgIpc) is 3.03. The number of amides is 1. The summed E-state index contributed by atoms with van der Waals surface area (Å²) in [6.07, 6.45) is -0.512. The summed E-state index contributed by atoms with van der Waals surface area (Å²) in [5, 5.41) is 5.28. The molecule has 0 fully saturated rings. The minimum absolute atomic E-state index is 0.233. The van der Waals surface area contributed by atoms with E-state index in [-0.39, 0.29) is 6.61 Å². The van der Waals surface area contributed by atoms with Crippen molar-refractivity contribution >= 4 is 39.2 Å². The lowest BCUT2D eigenvalue weighted by Crippen LogP contribution is -2.13. The molecule has 0 atom stereocenters. The first kappa shape index (κ1) is 15.7. The highest BCUT2D eigenvalue weighted by molar-refractivity contribution is 9.10. The minimum Gasteiger partial charge on any atom is -0.444 e. The lowest BCUT2D eigenvalue weighted by molar-refractivity contribution is 0.155. The molecule has 1 heterocycles. The molecule has 0 spiro atoms. The van der Waals surface area contributed by atoms with Gasteiger partial charge in [-0.05, 0) is 17.7 Å². The fourth-order valence-electron chi connectivity index (χ4n) is 1.92. The zero-order chi connectivity index (χ0) is 16.1. The molecule has 0 unspecified atom stereocenters. The number of halogens is 1. The summed E-state index contributed by atoms with van der Waals surface area (Å²) in [5.41, 5.74) is 1.94. The monoisotopic (exact) mass is 388 g/mol. The number of aromatic nitrogens is 1. The number of ether oxygens (including phenoxy) is 1. The third kappa shape index (κ3) is 4.40. The van der Waals surface area contributed by atoms with Crippen molar-refractivity contribution in [2.45, 2.75) is 6.61 Å². The predicted octanol–water partition coefficient (Wildman–Crippen LogP) is 5.32. The molecule has 3 rings (SSSR count). The van der Waals surface area contributed by atoms with Crippen molar-refractivity contribution in [3.8, 4) is 10.6 Å². The largest absolute Gasteiger partial charge is 0.444 e. The molecular weight excluding hydrogens is 376 g/mol. The second-order valence-electron chi connectivity index (χ2n) is 4.73. The molecule has 116 valence electrons. The molecule has 0 bridgehead atoms. The van der Waals surface area contributed by atoms with E-state index < -0.39 is 6.09 Å². The van der Waals surface area contributed by atoms with Gasteiger partial charge in [0.1, 0.15) is 17.4 Å². The van der Waals surface area contributed by atoms with Crippen molar-refractivity contribution in [2.24, 2.45) is 0 Å². The molecular formula is C17H13BrN2O2S. The van der Waals surface area contributed by atoms with E-state index in [0.29, 0.717) is 5.82 Å². The Kier molecular flexibility index (Phi) is 5.05. The SMILES string of the molecule is O=C(Nc1csc(-c2ccc(Br)cc2)n1)OCc1ccccc1. The summed E-state index contributed by atoms with van der Waals surface area (Å²) >= 11 is 4.87. The maximum atomic E-state index is 11.8. The molecule has 1 amide bonds. The van der Waals surface area contributed by atoms with Crippen LogP contribution in [0.2, 0.25) is 0 Å². The molecule has 2 aromatic carbocycles. The molecule has 1 N–H and O–H groups in total. The van der Waals surface area contributed by atoms with Crippen LogP contribution in [0.5, 0.6) is 0 Å². The summed E-state index contributed by atoms with van der Waals surface area (Å²) in [4.78, 5) is 16.2.